The molecule has 0 bridgehead atoms. The first-order valence-corrected chi connectivity index (χ1v) is 8.11. The fraction of sp³-hybridized carbons (Fsp3) is 0.211. The van der Waals surface area contributed by atoms with E-state index in [0.29, 0.717) is 11.4 Å². The monoisotopic (exact) mass is 356 g/mol. The molecule has 0 saturated heterocycles. The first-order valence-electron chi connectivity index (χ1n) is 8.11. The molecule has 2 aromatic rings. The third-order valence-electron chi connectivity index (χ3n) is 3.39. The van der Waals surface area contributed by atoms with Crippen molar-refractivity contribution in [3.05, 3.63) is 60.1 Å². The Hall–Kier alpha value is -3.35. The molecule has 0 unspecified atom stereocenters. The van der Waals surface area contributed by atoms with Crippen LogP contribution in [-0.2, 0) is 25.5 Å². The number of furan rings is 1. The number of ether oxygens (including phenoxy) is 1. The van der Waals surface area contributed by atoms with Crippen molar-refractivity contribution in [1.82, 2.24) is 5.32 Å². The van der Waals surface area contributed by atoms with Crippen molar-refractivity contribution in [2.24, 2.45) is 0 Å². The number of carbonyl (C=O) groups excluding carboxylic acids is 3. The number of aryl methyl sites for hydroxylation is 1. The van der Waals surface area contributed by atoms with Crippen molar-refractivity contribution in [3.63, 3.8) is 0 Å². The van der Waals surface area contributed by atoms with E-state index in [1.54, 1.807) is 18.2 Å². The van der Waals surface area contributed by atoms with Gasteiger partial charge in [0.2, 0.25) is 5.91 Å². The van der Waals surface area contributed by atoms with Gasteiger partial charge in [-0.05, 0) is 36.3 Å². The lowest BCUT2D eigenvalue weighted by molar-refractivity contribution is -0.143. The predicted molar refractivity (Wildman–Crippen MR) is 96.2 cm³/mol. The van der Waals surface area contributed by atoms with Crippen molar-refractivity contribution >= 4 is 29.5 Å². The number of esters is 1. The van der Waals surface area contributed by atoms with Gasteiger partial charge in [-0.1, -0.05) is 25.1 Å². The molecule has 2 rings (SSSR count). The second-order valence-corrected chi connectivity index (χ2v) is 5.29. The van der Waals surface area contributed by atoms with Crippen molar-refractivity contribution in [2.45, 2.75) is 13.3 Å². The lowest BCUT2D eigenvalue weighted by Gasteiger charge is -2.10. The molecular formula is C19H20N2O5. The zero-order valence-corrected chi connectivity index (χ0v) is 14.4. The van der Waals surface area contributed by atoms with Crippen LogP contribution in [0.3, 0.4) is 0 Å². The summed E-state index contributed by atoms with van der Waals surface area (Å²) in [5.74, 6) is -1.11. The maximum atomic E-state index is 11.9. The number of carbonyl (C=O) groups is 3. The highest BCUT2D eigenvalue weighted by atomic mass is 16.5. The molecule has 1 aromatic carbocycles. The summed E-state index contributed by atoms with van der Waals surface area (Å²) in [5, 5.41) is 5.13. The molecule has 1 aromatic heterocycles. The van der Waals surface area contributed by atoms with Crippen LogP contribution in [0, 0.1) is 0 Å². The summed E-state index contributed by atoms with van der Waals surface area (Å²) in [4.78, 5) is 35.0. The summed E-state index contributed by atoms with van der Waals surface area (Å²) in [5.41, 5.74) is 1.72. The normalized spacial score (nSPS) is 10.5. The molecule has 1 heterocycles. The van der Waals surface area contributed by atoms with Crippen molar-refractivity contribution in [2.75, 3.05) is 18.5 Å². The molecular weight excluding hydrogens is 336 g/mol. The summed E-state index contributed by atoms with van der Waals surface area (Å²) < 4.78 is 9.80. The molecule has 136 valence electrons. The molecule has 7 nitrogen and oxygen atoms in total. The summed E-state index contributed by atoms with van der Waals surface area (Å²) in [6, 6.07) is 10.8. The van der Waals surface area contributed by atoms with Gasteiger partial charge in [-0.3, -0.25) is 9.59 Å². The van der Waals surface area contributed by atoms with Gasteiger partial charge in [-0.2, -0.15) is 0 Å². The molecule has 26 heavy (non-hydrogen) atoms. The van der Waals surface area contributed by atoms with Crippen molar-refractivity contribution < 1.29 is 23.5 Å². The molecule has 0 atom stereocenters. The third kappa shape index (κ3) is 6.27. The smallest absolute Gasteiger partial charge is 0.331 e. The highest BCUT2D eigenvalue weighted by Gasteiger charge is 2.09. The zero-order chi connectivity index (χ0) is 18.8. The van der Waals surface area contributed by atoms with Crippen LogP contribution in [-0.4, -0.2) is 30.9 Å². The van der Waals surface area contributed by atoms with E-state index < -0.39 is 18.5 Å². The number of hydrogen-bond donors (Lipinski definition) is 2. The molecule has 0 spiro atoms. The zero-order valence-electron chi connectivity index (χ0n) is 14.4. The molecule has 0 aliphatic heterocycles. The number of anilines is 1. The van der Waals surface area contributed by atoms with Gasteiger partial charge in [0, 0.05) is 11.8 Å². The summed E-state index contributed by atoms with van der Waals surface area (Å²) >= 11 is 0. The van der Waals surface area contributed by atoms with Gasteiger partial charge < -0.3 is 19.8 Å². The van der Waals surface area contributed by atoms with Crippen LogP contribution < -0.4 is 10.6 Å². The summed E-state index contributed by atoms with van der Waals surface area (Å²) in [6.45, 7) is 1.30. The molecule has 0 aliphatic carbocycles. The Morgan fingerprint density at radius 2 is 1.92 bits per heavy atom. The molecule has 2 amide bonds. The fourth-order valence-electron chi connectivity index (χ4n) is 2.10. The Morgan fingerprint density at radius 3 is 2.65 bits per heavy atom. The van der Waals surface area contributed by atoms with Crippen LogP contribution in [0.4, 0.5) is 5.69 Å². The van der Waals surface area contributed by atoms with Gasteiger partial charge in [-0.25, -0.2) is 4.79 Å². The number of benzene rings is 1. The first kappa shape index (κ1) is 19.0. The average Bonchev–Trinajstić information content (AvgIpc) is 3.17. The van der Waals surface area contributed by atoms with Gasteiger partial charge in [0.25, 0.3) is 5.91 Å². The van der Waals surface area contributed by atoms with Crippen molar-refractivity contribution in [1.29, 1.82) is 0 Å². The Balaban J connectivity index is 1.69. The fourth-order valence-corrected chi connectivity index (χ4v) is 2.10. The minimum atomic E-state index is -0.683. The lowest BCUT2D eigenvalue weighted by Crippen LogP contribution is -2.35. The second-order valence-electron chi connectivity index (χ2n) is 5.29. The SMILES string of the molecule is CCc1ccccc1NC(=O)CNC(=O)COC(=O)/C=C/c1ccco1. The quantitative estimate of drug-likeness (QED) is 0.558. The number of amides is 2. The van der Waals surface area contributed by atoms with Gasteiger partial charge in [-0.15, -0.1) is 0 Å². The van der Waals surface area contributed by atoms with Gasteiger partial charge in [0.1, 0.15) is 5.76 Å². The Bertz CT molecular complexity index is 781. The van der Waals surface area contributed by atoms with E-state index >= 15 is 0 Å². The number of hydrogen-bond acceptors (Lipinski definition) is 5. The van der Waals surface area contributed by atoms with E-state index in [1.165, 1.54) is 12.3 Å². The largest absolute Gasteiger partial charge is 0.465 e. The maximum Gasteiger partial charge on any atom is 0.331 e. The number of nitrogens with one attached hydrogen (secondary N) is 2. The van der Waals surface area contributed by atoms with E-state index in [-0.39, 0.29) is 12.5 Å². The molecule has 0 fully saturated rings. The Kier molecular flexibility index (Phi) is 7.17. The van der Waals surface area contributed by atoms with Crippen LogP contribution in [0.2, 0.25) is 0 Å². The van der Waals surface area contributed by atoms with Gasteiger partial charge in [0.05, 0.1) is 12.8 Å². The van der Waals surface area contributed by atoms with Crippen LogP contribution in [0.1, 0.15) is 18.2 Å². The van der Waals surface area contributed by atoms with Crippen LogP contribution in [0.25, 0.3) is 6.08 Å². The van der Waals surface area contributed by atoms with Crippen LogP contribution >= 0.6 is 0 Å². The van der Waals surface area contributed by atoms with E-state index in [2.05, 4.69) is 10.6 Å². The maximum absolute atomic E-state index is 11.9. The van der Waals surface area contributed by atoms with E-state index in [1.807, 2.05) is 25.1 Å². The molecule has 2 N–H and O–H groups in total. The Morgan fingerprint density at radius 1 is 1.12 bits per heavy atom. The third-order valence-corrected chi connectivity index (χ3v) is 3.39. The highest BCUT2D eigenvalue weighted by molar-refractivity contribution is 5.95. The minimum absolute atomic E-state index is 0.212. The Labute approximate surface area is 151 Å². The van der Waals surface area contributed by atoms with Crippen LogP contribution in [0.15, 0.2) is 53.2 Å². The predicted octanol–water partition coefficient (Wildman–Crippen LogP) is 2.15. The van der Waals surface area contributed by atoms with Gasteiger partial charge in [0.15, 0.2) is 6.61 Å². The van der Waals surface area contributed by atoms with Crippen LogP contribution in [0.5, 0.6) is 0 Å². The average molecular weight is 356 g/mol. The first-order chi connectivity index (χ1) is 12.6. The number of para-hydroxylation sites is 1. The van der Waals surface area contributed by atoms with E-state index in [9.17, 15) is 14.4 Å². The molecule has 7 heteroatoms. The van der Waals surface area contributed by atoms with Gasteiger partial charge >= 0.3 is 5.97 Å². The minimum Gasteiger partial charge on any atom is -0.465 e. The molecule has 0 saturated carbocycles. The number of rotatable bonds is 8. The molecule has 0 radical (unpaired) electrons. The topological polar surface area (TPSA) is 97.6 Å². The van der Waals surface area contributed by atoms with E-state index in [4.69, 9.17) is 9.15 Å². The second kappa shape index (κ2) is 9.83. The standard InChI is InChI=1S/C19H20N2O5/c1-2-14-6-3-4-8-16(14)21-17(22)12-20-18(23)13-26-19(24)10-9-15-7-5-11-25-15/h3-11H,2,12-13H2,1H3,(H,20,23)(H,21,22)/b10-9+. The van der Waals surface area contributed by atoms with E-state index in [0.717, 1.165) is 18.1 Å². The molecule has 0 aliphatic rings. The highest BCUT2D eigenvalue weighted by Crippen LogP contribution is 2.14. The van der Waals surface area contributed by atoms with Crippen molar-refractivity contribution in [3.8, 4) is 0 Å². The summed E-state index contributed by atoms with van der Waals surface area (Å²) in [7, 11) is 0. The summed E-state index contributed by atoms with van der Waals surface area (Å²) in [6.07, 6.45) is 4.84. The lowest BCUT2D eigenvalue weighted by atomic mass is 10.1.